The maximum atomic E-state index is 12.2. The zero-order valence-electron chi connectivity index (χ0n) is 15.4. The molecule has 0 aromatic heterocycles. The molecule has 0 bridgehead atoms. The summed E-state index contributed by atoms with van der Waals surface area (Å²) in [6, 6.07) is 10.4. The first-order chi connectivity index (χ1) is 11.6. The molecule has 26 heavy (non-hydrogen) atoms. The van der Waals surface area contributed by atoms with Crippen molar-refractivity contribution in [2.45, 2.75) is 13.5 Å². The van der Waals surface area contributed by atoms with Crippen LogP contribution in [0.2, 0.25) is 0 Å². The molecule has 148 valence electrons. The van der Waals surface area contributed by atoms with Gasteiger partial charge in [-0.05, 0) is 12.6 Å². The Balaban J connectivity index is 0.00000312. The van der Waals surface area contributed by atoms with Crippen LogP contribution in [0.4, 0.5) is 0 Å². The van der Waals surface area contributed by atoms with Crippen molar-refractivity contribution in [3.8, 4) is 0 Å². The van der Waals surface area contributed by atoms with Crippen LogP contribution in [0, 0.1) is 5.92 Å². The number of halogens is 2. The van der Waals surface area contributed by atoms with Crippen molar-refractivity contribution in [3.05, 3.63) is 35.9 Å². The van der Waals surface area contributed by atoms with Gasteiger partial charge in [-0.2, -0.15) is 0 Å². The third-order valence-corrected chi connectivity index (χ3v) is 4.35. The number of hydrogen-bond donors (Lipinski definition) is 2. The van der Waals surface area contributed by atoms with E-state index < -0.39 is 0 Å². The Morgan fingerprint density at radius 2 is 1.69 bits per heavy atom. The predicted octanol–water partition coefficient (Wildman–Crippen LogP) is 1.15. The van der Waals surface area contributed by atoms with Gasteiger partial charge in [0.05, 0.1) is 6.54 Å². The second-order valence-corrected chi connectivity index (χ2v) is 6.32. The second-order valence-electron chi connectivity index (χ2n) is 6.32. The first kappa shape index (κ1) is 24.7. The summed E-state index contributed by atoms with van der Waals surface area (Å²) >= 11 is 0. The van der Waals surface area contributed by atoms with E-state index in [1.54, 1.807) is 0 Å². The van der Waals surface area contributed by atoms with E-state index in [9.17, 15) is 9.59 Å². The van der Waals surface area contributed by atoms with Crippen LogP contribution in [0.25, 0.3) is 0 Å². The lowest BCUT2D eigenvalue weighted by atomic mass is 10.1. The molecule has 1 heterocycles. The molecular weight excluding hydrogens is 375 g/mol. The Morgan fingerprint density at radius 3 is 2.27 bits per heavy atom. The Kier molecular flexibility index (Phi) is 12.3. The summed E-state index contributed by atoms with van der Waals surface area (Å²) in [5.41, 5.74) is 1.29. The Bertz CT molecular complexity index is 537. The third-order valence-electron chi connectivity index (χ3n) is 4.35. The highest BCUT2D eigenvalue weighted by molar-refractivity contribution is 5.86. The molecule has 1 unspecified atom stereocenters. The third kappa shape index (κ3) is 7.91. The predicted molar refractivity (Wildman–Crippen MR) is 109 cm³/mol. The molecule has 0 radical (unpaired) electrons. The fraction of sp³-hybridized carbons (Fsp3) is 0.556. The summed E-state index contributed by atoms with van der Waals surface area (Å²) in [4.78, 5) is 28.3. The molecule has 1 aromatic rings. The van der Waals surface area contributed by atoms with E-state index in [2.05, 4.69) is 27.7 Å². The van der Waals surface area contributed by atoms with Crippen molar-refractivity contribution in [2.75, 3.05) is 46.3 Å². The number of rotatable bonds is 7. The molecule has 1 aromatic carbocycles. The number of amides is 2. The van der Waals surface area contributed by atoms with Gasteiger partial charge < -0.3 is 15.5 Å². The van der Waals surface area contributed by atoms with Crippen molar-refractivity contribution >= 4 is 36.6 Å². The zero-order valence-corrected chi connectivity index (χ0v) is 17.1. The minimum absolute atomic E-state index is 0. The van der Waals surface area contributed by atoms with E-state index in [0.29, 0.717) is 19.6 Å². The van der Waals surface area contributed by atoms with Crippen LogP contribution in [-0.4, -0.2) is 67.9 Å². The number of benzene rings is 1. The maximum Gasteiger partial charge on any atom is 0.242 e. The van der Waals surface area contributed by atoms with Crippen molar-refractivity contribution in [1.82, 2.24) is 20.4 Å². The van der Waals surface area contributed by atoms with Crippen molar-refractivity contribution in [3.63, 3.8) is 0 Å². The minimum Gasteiger partial charge on any atom is -0.347 e. The van der Waals surface area contributed by atoms with Crippen LogP contribution in [0.15, 0.2) is 30.3 Å². The van der Waals surface area contributed by atoms with Crippen LogP contribution < -0.4 is 10.6 Å². The minimum atomic E-state index is -0.134. The summed E-state index contributed by atoms with van der Waals surface area (Å²) in [6.07, 6.45) is 0. The summed E-state index contributed by atoms with van der Waals surface area (Å²) in [6.45, 7) is 6.63. The van der Waals surface area contributed by atoms with Crippen molar-refractivity contribution in [1.29, 1.82) is 0 Å². The quantitative estimate of drug-likeness (QED) is 0.715. The van der Waals surface area contributed by atoms with Gasteiger partial charge in [-0.15, -0.1) is 24.8 Å². The zero-order chi connectivity index (χ0) is 17.4. The van der Waals surface area contributed by atoms with Crippen LogP contribution in [0.3, 0.4) is 0 Å². The molecule has 1 atom stereocenters. The summed E-state index contributed by atoms with van der Waals surface area (Å²) < 4.78 is 0. The molecular formula is C18H30Cl2N4O2. The monoisotopic (exact) mass is 404 g/mol. The first-order valence-corrected chi connectivity index (χ1v) is 8.56. The molecule has 1 aliphatic rings. The van der Waals surface area contributed by atoms with Gasteiger partial charge in [0.1, 0.15) is 0 Å². The van der Waals surface area contributed by atoms with E-state index in [0.717, 1.165) is 19.6 Å². The molecule has 6 nitrogen and oxygen atoms in total. The van der Waals surface area contributed by atoms with Gasteiger partial charge in [-0.25, -0.2) is 0 Å². The second kappa shape index (κ2) is 12.9. The number of carbonyl (C=O) groups excluding carboxylic acids is 2. The number of piperazine rings is 1. The van der Waals surface area contributed by atoms with Crippen molar-refractivity contribution < 1.29 is 9.59 Å². The highest BCUT2D eigenvalue weighted by Gasteiger charge is 2.22. The van der Waals surface area contributed by atoms with E-state index >= 15 is 0 Å². The molecule has 8 heteroatoms. The van der Waals surface area contributed by atoms with Crippen LogP contribution >= 0.6 is 24.8 Å². The van der Waals surface area contributed by atoms with Gasteiger partial charge in [0.15, 0.2) is 0 Å². The SMILES string of the molecule is CNCC(C)C(=O)NCC(=O)N1CCN(Cc2ccccc2)CC1.Cl.Cl. The van der Waals surface area contributed by atoms with E-state index in [-0.39, 0.29) is 49.1 Å². The van der Waals surface area contributed by atoms with Gasteiger partial charge in [-0.1, -0.05) is 37.3 Å². The average molecular weight is 405 g/mol. The first-order valence-electron chi connectivity index (χ1n) is 8.56. The van der Waals surface area contributed by atoms with E-state index in [1.165, 1.54) is 5.56 Å². The topological polar surface area (TPSA) is 64.7 Å². The summed E-state index contributed by atoms with van der Waals surface area (Å²) in [7, 11) is 1.81. The highest BCUT2D eigenvalue weighted by Crippen LogP contribution is 2.08. The molecule has 0 saturated carbocycles. The van der Waals surface area contributed by atoms with Gasteiger partial charge in [0, 0.05) is 45.2 Å². The maximum absolute atomic E-state index is 12.2. The van der Waals surface area contributed by atoms with E-state index in [1.807, 2.05) is 37.1 Å². The Labute approximate surface area is 168 Å². The number of nitrogens with zero attached hydrogens (tertiary/aromatic N) is 2. The molecule has 2 rings (SSSR count). The van der Waals surface area contributed by atoms with Gasteiger partial charge in [-0.3, -0.25) is 14.5 Å². The summed E-state index contributed by atoms with van der Waals surface area (Å²) in [5.74, 6) is -0.217. The molecule has 2 N–H and O–H groups in total. The fourth-order valence-corrected chi connectivity index (χ4v) is 2.84. The van der Waals surface area contributed by atoms with Gasteiger partial charge >= 0.3 is 0 Å². The lowest BCUT2D eigenvalue weighted by Gasteiger charge is -2.34. The molecule has 0 spiro atoms. The van der Waals surface area contributed by atoms with Crippen LogP contribution in [-0.2, 0) is 16.1 Å². The number of hydrogen-bond acceptors (Lipinski definition) is 4. The standard InChI is InChI=1S/C18H28N4O2.2ClH/c1-15(12-19-2)18(24)20-13-17(23)22-10-8-21(9-11-22)14-16-6-4-3-5-7-16;;/h3-7,15,19H,8-14H2,1-2H3,(H,20,24);2*1H. The summed E-state index contributed by atoms with van der Waals surface area (Å²) in [5, 5.41) is 5.69. The Hall–Kier alpha value is -1.34. The lowest BCUT2D eigenvalue weighted by molar-refractivity contribution is -0.135. The molecule has 1 fully saturated rings. The van der Waals surface area contributed by atoms with Crippen molar-refractivity contribution in [2.24, 2.45) is 5.92 Å². The molecule has 0 aliphatic carbocycles. The molecule has 1 saturated heterocycles. The number of nitrogens with one attached hydrogen (secondary N) is 2. The number of carbonyl (C=O) groups is 2. The molecule has 2 amide bonds. The van der Waals surface area contributed by atoms with Gasteiger partial charge in [0.2, 0.25) is 11.8 Å². The smallest absolute Gasteiger partial charge is 0.242 e. The fourth-order valence-electron chi connectivity index (χ4n) is 2.84. The average Bonchev–Trinajstić information content (AvgIpc) is 2.61. The largest absolute Gasteiger partial charge is 0.347 e. The normalized spacial score (nSPS) is 15.4. The lowest BCUT2D eigenvalue weighted by Crippen LogP contribution is -2.51. The van der Waals surface area contributed by atoms with E-state index in [4.69, 9.17) is 0 Å². The van der Waals surface area contributed by atoms with Crippen LogP contribution in [0.5, 0.6) is 0 Å². The highest BCUT2D eigenvalue weighted by atomic mass is 35.5. The molecule has 1 aliphatic heterocycles. The van der Waals surface area contributed by atoms with Crippen LogP contribution in [0.1, 0.15) is 12.5 Å². The van der Waals surface area contributed by atoms with Gasteiger partial charge in [0.25, 0.3) is 0 Å². The Morgan fingerprint density at radius 1 is 1.08 bits per heavy atom.